The van der Waals surface area contributed by atoms with Crippen LogP contribution in [0.1, 0.15) is 40.5 Å². The van der Waals surface area contributed by atoms with Crippen molar-refractivity contribution in [3.05, 3.63) is 0 Å². The van der Waals surface area contributed by atoms with E-state index in [2.05, 4.69) is 0 Å². The van der Waals surface area contributed by atoms with E-state index >= 15 is 0 Å². The molecule has 106 valence electrons. The van der Waals surface area contributed by atoms with Gasteiger partial charge in [0.2, 0.25) is 0 Å². The van der Waals surface area contributed by atoms with Gasteiger partial charge in [0.25, 0.3) is 0 Å². The van der Waals surface area contributed by atoms with Gasteiger partial charge in [0.15, 0.2) is 0 Å². The molecule has 0 aliphatic carbocycles. The number of ether oxygens (including phenoxy) is 1. The number of likely N-dealkylation sites (tertiary alicyclic amines) is 1. The van der Waals surface area contributed by atoms with Gasteiger partial charge in [-0.05, 0) is 47.1 Å². The highest BCUT2D eigenvalue weighted by molar-refractivity contribution is 5.76. The molecule has 1 aliphatic heterocycles. The third-order valence-corrected chi connectivity index (χ3v) is 2.79. The molecule has 1 rings (SSSR count). The van der Waals surface area contributed by atoms with E-state index in [-0.39, 0.29) is 18.6 Å². The number of β-amino-alcohol motifs (C(OH)–C–C–N with tert-alkyl or cyclic N) is 1. The first kappa shape index (κ1) is 15.4. The van der Waals surface area contributed by atoms with Crippen LogP contribution in [0.15, 0.2) is 0 Å². The second-order valence-electron chi connectivity index (χ2n) is 6.36. The molecule has 1 saturated heterocycles. The van der Waals surface area contributed by atoms with Gasteiger partial charge in [-0.15, -0.1) is 0 Å². The molecule has 0 unspecified atom stereocenters. The summed E-state index contributed by atoms with van der Waals surface area (Å²) in [4.78, 5) is 13.9. The van der Waals surface area contributed by atoms with E-state index in [4.69, 9.17) is 4.74 Å². The van der Waals surface area contributed by atoms with Crippen LogP contribution in [0.3, 0.4) is 0 Å². The van der Waals surface area contributed by atoms with Crippen molar-refractivity contribution in [2.45, 2.75) is 57.8 Å². The quantitative estimate of drug-likeness (QED) is 0.705. The molecule has 2 N–H and O–H groups in total. The molecule has 0 aromatic rings. The van der Waals surface area contributed by atoms with Gasteiger partial charge in [-0.3, -0.25) is 9.69 Å². The van der Waals surface area contributed by atoms with Crippen molar-refractivity contribution in [3.8, 4) is 0 Å². The summed E-state index contributed by atoms with van der Waals surface area (Å²) < 4.78 is 5.12. The summed E-state index contributed by atoms with van der Waals surface area (Å²) in [5.41, 5.74) is -1.82. The van der Waals surface area contributed by atoms with E-state index in [1.54, 1.807) is 27.7 Å². The number of rotatable bonds is 5. The fourth-order valence-electron chi connectivity index (χ4n) is 2.12. The van der Waals surface area contributed by atoms with Gasteiger partial charge in [-0.1, -0.05) is 0 Å². The molecule has 0 bridgehead atoms. The van der Waals surface area contributed by atoms with Gasteiger partial charge >= 0.3 is 5.97 Å². The number of hydrogen-bond donors (Lipinski definition) is 2. The van der Waals surface area contributed by atoms with Gasteiger partial charge in [0.05, 0.1) is 11.2 Å². The van der Waals surface area contributed by atoms with Gasteiger partial charge in [0.1, 0.15) is 12.6 Å². The average Bonchev–Trinajstić information content (AvgIpc) is 2.58. The monoisotopic (exact) mass is 259 g/mol. The van der Waals surface area contributed by atoms with Crippen LogP contribution in [0.2, 0.25) is 0 Å². The molecular formula is C13H25NO4. The van der Waals surface area contributed by atoms with E-state index in [1.165, 1.54) is 0 Å². The lowest BCUT2D eigenvalue weighted by Crippen LogP contribution is -2.45. The maximum Gasteiger partial charge on any atom is 0.323 e. The molecule has 0 radical (unpaired) electrons. The van der Waals surface area contributed by atoms with Crippen molar-refractivity contribution in [1.29, 1.82) is 0 Å². The minimum absolute atomic E-state index is 0.00130. The predicted octanol–water partition coefficient (Wildman–Crippen LogP) is 0.536. The van der Waals surface area contributed by atoms with Crippen LogP contribution in [0.25, 0.3) is 0 Å². The Balaban J connectivity index is 2.51. The molecule has 1 atom stereocenters. The Bertz CT molecular complexity index is 290. The highest BCUT2D eigenvalue weighted by atomic mass is 16.5. The van der Waals surface area contributed by atoms with Gasteiger partial charge in [-0.25, -0.2) is 0 Å². The topological polar surface area (TPSA) is 70.0 Å². The highest BCUT2D eigenvalue weighted by Gasteiger charge is 2.35. The standard InChI is InChI=1S/C13H25NO4/c1-12(2,16)8-14-7-5-6-10(14)11(15)18-9-13(3,4)17/h10,16-17H,5-9H2,1-4H3/t10-/m0/s1. The number of aliphatic hydroxyl groups is 2. The molecule has 5 heteroatoms. The van der Waals surface area contributed by atoms with Crippen molar-refractivity contribution in [3.63, 3.8) is 0 Å². The van der Waals surface area contributed by atoms with E-state index in [0.29, 0.717) is 6.54 Å². The molecule has 0 amide bonds. The molecule has 18 heavy (non-hydrogen) atoms. The molecule has 0 aromatic carbocycles. The third-order valence-electron chi connectivity index (χ3n) is 2.79. The second kappa shape index (κ2) is 5.55. The summed E-state index contributed by atoms with van der Waals surface area (Å²) in [7, 11) is 0. The molecule has 0 spiro atoms. The molecule has 0 saturated carbocycles. The lowest BCUT2D eigenvalue weighted by atomic mass is 10.1. The zero-order chi connectivity index (χ0) is 14.0. The summed E-state index contributed by atoms with van der Waals surface area (Å²) >= 11 is 0. The highest BCUT2D eigenvalue weighted by Crippen LogP contribution is 2.21. The zero-order valence-corrected chi connectivity index (χ0v) is 11.8. The Morgan fingerprint density at radius 1 is 1.28 bits per heavy atom. The Kier molecular flexibility index (Phi) is 4.75. The lowest BCUT2D eigenvalue weighted by molar-refractivity contribution is -0.155. The third kappa shape index (κ3) is 5.33. The SMILES string of the molecule is CC(C)(O)COC(=O)[C@@H]1CCCN1CC(C)(C)O. The van der Waals surface area contributed by atoms with Crippen LogP contribution < -0.4 is 0 Å². The maximum absolute atomic E-state index is 11.9. The summed E-state index contributed by atoms with van der Waals surface area (Å²) in [6, 6.07) is -0.293. The number of carbonyl (C=O) groups excluding carboxylic acids is 1. The summed E-state index contributed by atoms with van der Waals surface area (Å²) in [5, 5.41) is 19.3. The summed E-state index contributed by atoms with van der Waals surface area (Å²) in [6.07, 6.45) is 1.68. The lowest BCUT2D eigenvalue weighted by Gasteiger charge is -2.29. The Morgan fingerprint density at radius 3 is 2.39 bits per heavy atom. The molecule has 1 aliphatic rings. The average molecular weight is 259 g/mol. The van der Waals surface area contributed by atoms with Crippen molar-refractivity contribution in [2.24, 2.45) is 0 Å². The van der Waals surface area contributed by atoms with Gasteiger partial charge in [-0.2, -0.15) is 0 Å². The van der Waals surface area contributed by atoms with Crippen LogP contribution in [0.5, 0.6) is 0 Å². The first-order valence-corrected chi connectivity index (χ1v) is 6.44. The number of esters is 1. The maximum atomic E-state index is 11.9. The van der Waals surface area contributed by atoms with Crippen LogP contribution >= 0.6 is 0 Å². The minimum atomic E-state index is -1.00. The predicted molar refractivity (Wildman–Crippen MR) is 68.1 cm³/mol. The molecule has 0 aromatic heterocycles. The minimum Gasteiger partial charge on any atom is -0.461 e. The van der Waals surface area contributed by atoms with Crippen molar-refractivity contribution >= 4 is 5.97 Å². The molecule has 1 heterocycles. The first-order chi connectivity index (χ1) is 8.08. The summed E-state index contributed by atoms with van der Waals surface area (Å²) in [6.45, 7) is 7.91. The van der Waals surface area contributed by atoms with E-state index in [0.717, 1.165) is 19.4 Å². The Morgan fingerprint density at radius 2 is 1.89 bits per heavy atom. The van der Waals surface area contributed by atoms with E-state index in [1.807, 2.05) is 4.90 Å². The number of nitrogens with zero attached hydrogens (tertiary/aromatic N) is 1. The second-order valence-corrected chi connectivity index (χ2v) is 6.36. The van der Waals surface area contributed by atoms with Gasteiger partial charge < -0.3 is 14.9 Å². The van der Waals surface area contributed by atoms with Crippen molar-refractivity contribution < 1.29 is 19.7 Å². The molecular weight excluding hydrogens is 234 g/mol. The fourth-order valence-corrected chi connectivity index (χ4v) is 2.12. The van der Waals surface area contributed by atoms with Crippen molar-refractivity contribution in [1.82, 2.24) is 4.90 Å². The van der Waals surface area contributed by atoms with Crippen LogP contribution in [-0.2, 0) is 9.53 Å². The number of hydrogen-bond acceptors (Lipinski definition) is 5. The van der Waals surface area contributed by atoms with E-state index < -0.39 is 11.2 Å². The van der Waals surface area contributed by atoms with Gasteiger partial charge in [0, 0.05) is 6.54 Å². The van der Waals surface area contributed by atoms with E-state index in [9.17, 15) is 15.0 Å². The first-order valence-electron chi connectivity index (χ1n) is 6.44. The van der Waals surface area contributed by atoms with Crippen LogP contribution in [0.4, 0.5) is 0 Å². The Labute approximate surface area is 109 Å². The number of carbonyl (C=O) groups is 1. The zero-order valence-electron chi connectivity index (χ0n) is 11.8. The fraction of sp³-hybridized carbons (Fsp3) is 0.923. The van der Waals surface area contributed by atoms with Crippen LogP contribution in [-0.4, -0.2) is 58.0 Å². The molecule has 1 fully saturated rings. The normalized spacial score (nSPS) is 22.2. The smallest absolute Gasteiger partial charge is 0.323 e. The van der Waals surface area contributed by atoms with Crippen LogP contribution in [0, 0.1) is 0 Å². The molecule has 5 nitrogen and oxygen atoms in total. The van der Waals surface area contributed by atoms with Crippen molar-refractivity contribution in [2.75, 3.05) is 19.7 Å². The Hall–Kier alpha value is -0.650. The summed E-state index contributed by atoms with van der Waals surface area (Å²) in [5.74, 6) is -0.307. The largest absolute Gasteiger partial charge is 0.461 e.